The Hall–Kier alpha value is -2.69. The van der Waals surface area contributed by atoms with Gasteiger partial charge >= 0.3 is 0 Å². The number of para-hydroxylation sites is 1. The minimum Gasteiger partial charge on any atom is -0.483 e. The summed E-state index contributed by atoms with van der Waals surface area (Å²) in [4.78, 5) is 10.4. The summed E-state index contributed by atoms with van der Waals surface area (Å²) in [7, 11) is -4.02. The molecule has 2 heterocycles. The molecule has 0 spiro atoms. The molecule has 0 radical (unpaired) electrons. The molecule has 30 heavy (non-hydrogen) atoms. The van der Waals surface area contributed by atoms with Crippen LogP contribution in [0.5, 0.6) is 17.2 Å². The lowest BCUT2D eigenvalue weighted by molar-refractivity contribution is -0.385. The lowest BCUT2D eigenvalue weighted by Gasteiger charge is -2.26. The minimum absolute atomic E-state index is 0.00815. The molecular formula is C20H22N2O7S. The Morgan fingerprint density at radius 2 is 1.87 bits per heavy atom. The van der Waals surface area contributed by atoms with E-state index < -0.39 is 20.5 Å². The molecule has 0 N–H and O–H groups in total. The molecule has 160 valence electrons. The van der Waals surface area contributed by atoms with Crippen molar-refractivity contribution in [2.75, 3.05) is 26.3 Å². The van der Waals surface area contributed by atoms with Gasteiger partial charge in [0, 0.05) is 37.2 Å². The molecule has 2 aliphatic heterocycles. The minimum atomic E-state index is -4.02. The molecule has 1 saturated heterocycles. The van der Waals surface area contributed by atoms with Crippen molar-refractivity contribution in [1.29, 1.82) is 0 Å². The number of fused-ring (bicyclic) bond motifs is 1. The maximum atomic E-state index is 13.2. The van der Waals surface area contributed by atoms with Crippen LogP contribution in [0.1, 0.15) is 19.4 Å². The molecule has 9 nitrogen and oxygen atoms in total. The number of nitrogens with zero attached hydrogens (tertiary/aromatic N) is 2. The van der Waals surface area contributed by atoms with Crippen LogP contribution in [0.25, 0.3) is 0 Å². The Balaban J connectivity index is 1.77. The molecule has 0 aliphatic carbocycles. The first-order chi connectivity index (χ1) is 14.2. The predicted molar refractivity (Wildman–Crippen MR) is 108 cm³/mol. The van der Waals surface area contributed by atoms with Crippen molar-refractivity contribution in [3.8, 4) is 17.2 Å². The standard InChI is InChI=1S/C20H22N2O7S/c1-20(2)13-14-4-3-5-17(19(14)29-20)28-16-7-6-15(22(23)24)12-18(16)30(25,26)21-8-10-27-11-9-21/h3-7,12H,8-11,13H2,1-2H3. The van der Waals surface area contributed by atoms with Gasteiger partial charge in [-0.05, 0) is 26.0 Å². The van der Waals surface area contributed by atoms with Crippen molar-refractivity contribution in [2.45, 2.75) is 30.8 Å². The second kappa shape index (κ2) is 7.53. The topological polar surface area (TPSA) is 108 Å². The molecule has 10 heteroatoms. The Bertz CT molecular complexity index is 1090. The van der Waals surface area contributed by atoms with Crippen molar-refractivity contribution in [2.24, 2.45) is 0 Å². The van der Waals surface area contributed by atoms with E-state index in [0.29, 0.717) is 17.9 Å². The average molecular weight is 434 g/mol. The number of morpholine rings is 1. The second-order valence-corrected chi connectivity index (χ2v) is 9.70. The number of benzene rings is 2. The van der Waals surface area contributed by atoms with Gasteiger partial charge in [0.1, 0.15) is 16.2 Å². The Labute approximate surface area is 174 Å². The lowest BCUT2D eigenvalue weighted by Crippen LogP contribution is -2.40. The van der Waals surface area contributed by atoms with Gasteiger partial charge in [-0.3, -0.25) is 10.1 Å². The van der Waals surface area contributed by atoms with Crippen LogP contribution in [0.15, 0.2) is 41.3 Å². The molecule has 2 aromatic carbocycles. The van der Waals surface area contributed by atoms with Gasteiger partial charge in [0.25, 0.3) is 5.69 Å². The van der Waals surface area contributed by atoms with Gasteiger partial charge in [-0.15, -0.1) is 0 Å². The quantitative estimate of drug-likeness (QED) is 0.525. The molecule has 0 atom stereocenters. The molecule has 0 bridgehead atoms. The van der Waals surface area contributed by atoms with Crippen molar-refractivity contribution in [1.82, 2.24) is 4.31 Å². The first kappa shape index (κ1) is 20.6. The van der Waals surface area contributed by atoms with Crippen LogP contribution < -0.4 is 9.47 Å². The Morgan fingerprint density at radius 1 is 1.13 bits per heavy atom. The number of hydrogen-bond acceptors (Lipinski definition) is 7. The maximum absolute atomic E-state index is 13.2. The number of nitro groups is 1. The third-order valence-corrected chi connectivity index (χ3v) is 6.92. The monoisotopic (exact) mass is 434 g/mol. The van der Waals surface area contributed by atoms with Crippen molar-refractivity contribution in [3.05, 3.63) is 52.1 Å². The van der Waals surface area contributed by atoms with Crippen LogP contribution in [-0.4, -0.2) is 49.6 Å². The van der Waals surface area contributed by atoms with E-state index in [2.05, 4.69) is 0 Å². The zero-order valence-electron chi connectivity index (χ0n) is 16.7. The van der Waals surface area contributed by atoms with Crippen molar-refractivity contribution < 1.29 is 27.6 Å². The molecule has 4 rings (SSSR count). The van der Waals surface area contributed by atoms with Gasteiger partial charge in [-0.2, -0.15) is 4.31 Å². The molecular weight excluding hydrogens is 412 g/mol. The van der Waals surface area contributed by atoms with Crippen LogP contribution in [0.3, 0.4) is 0 Å². The van der Waals surface area contributed by atoms with E-state index in [1.54, 1.807) is 12.1 Å². The van der Waals surface area contributed by atoms with Gasteiger partial charge in [0.15, 0.2) is 11.5 Å². The van der Waals surface area contributed by atoms with Crippen molar-refractivity contribution >= 4 is 15.7 Å². The number of rotatable bonds is 5. The molecule has 0 saturated carbocycles. The number of sulfonamides is 1. The third-order valence-electron chi connectivity index (χ3n) is 5.00. The van der Waals surface area contributed by atoms with E-state index in [1.807, 2.05) is 19.9 Å². The average Bonchev–Trinajstić information content (AvgIpc) is 3.03. The van der Waals surface area contributed by atoms with E-state index in [1.165, 1.54) is 16.4 Å². The highest BCUT2D eigenvalue weighted by Gasteiger charge is 2.34. The molecule has 2 aliphatic rings. The van der Waals surface area contributed by atoms with Crippen LogP contribution in [0.2, 0.25) is 0 Å². The van der Waals surface area contributed by atoms with Gasteiger partial charge in [0.05, 0.1) is 18.1 Å². The normalized spacial score (nSPS) is 18.5. The predicted octanol–water partition coefficient (Wildman–Crippen LogP) is 3.12. The summed E-state index contributed by atoms with van der Waals surface area (Å²) in [6, 6.07) is 8.99. The van der Waals surface area contributed by atoms with Gasteiger partial charge in [-0.1, -0.05) is 12.1 Å². The zero-order chi connectivity index (χ0) is 21.5. The number of ether oxygens (including phenoxy) is 3. The summed E-state index contributed by atoms with van der Waals surface area (Å²) in [6.07, 6.45) is 0.693. The molecule has 2 aromatic rings. The fraction of sp³-hybridized carbons (Fsp3) is 0.400. The second-order valence-electron chi connectivity index (χ2n) is 7.79. The van der Waals surface area contributed by atoms with Gasteiger partial charge in [0.2, 0.25) is 10.0 Å². The highest BCUT2D eigenvalue weighted by molar-refractivity contribution is 7.89. The molecule has 0 unspecified atom stereocenters. The van der Waals surface area contributed by atoms with E-state index in [9.17, 15) is 18.5 Å². The largest absolute Gasteiger partial charge is 0.483 e. The van der Waals surface area contributed by atoms with Crippen LogP contribution in [0, 0.1) is 10.1 Å². The Kier molecular flexibility index (Phi) is 5.16. The third kappa shape index (κ3) is 3.85. The summed E-state index contributed by atoms with van der Waals surface area (Å²) in [6.45, 7) is 4.78. The van der Waals surface area contributed by atoms with E-state index >= 15 is 0 Å². The first-order valence-electron chi connectivity index (χ1n) is 9.52. The summed E-state index contributed by atoms with van der Waals surface area (Å²) < 4.78 is 44.9. The molecule has 0 aromatic heterocycles. The number of hydrogen-bond donors (Lipinski definition) is 0. The van der Waals surface area contributed by atoms with Gasteiger partial charge in [-0.25, -0.2) is 8.42 Å². The van der Waals surface area contributed by atoms with E-state index in [0.717, 1.165) is 11.6 Å². The van der Waals surface area contributed by atoms with Crippen LogP contribution in [-0.2, 0) is 21.2 Å². The Morgan fingerprint density at radius 3 is 2.57 bits per heavy atom. The summed E-state index contributed by atoms with van der Waals surface area (Å²) >= 11 is 0. The smallest absolute Gasteiger partial charge is 0.271 e. The SMILES string of the molecule is CC1(C)Cc2cccc(Oc3ccc([N+](=O)[O-])cc3S(=O)(=O)N3CCOCC3)c2O1. The van der Waals surface area contributed by atoms with E-state index in [-0.39, 0.29) is 42.6 Å². The fourth-order valence-electron chi connectivity index (χ4n) is 3.61. The molecule has 1 fully saturated rings. The lowest BCUT2D eigenvalue weighted by atomic mass is 10.0. The van der Waals surface area contributed by atoms with E-state index in [4.69, 9.17) is 14.2 Å². The summed E-state index contributed by atoms with van der Waals surface area (Å²) in [5.74, 6) is 0.926. The summed E-state index contributed by atoms with van der Waals surface area (Å²) in [5.41, 5.74) is 0.224. The van der Waals surface area contributed by atoms with Crippen LogP contribution in [0.4, 0.5) is 5.69 Å². The van der Waals surface area contributed by atoms with Crippen molar-refractivity contribution in [3.63, 3.8) is 0 Å². The number of nitro benzene ring substituents is 1. The fourth-order valence-corrected chi connectivity index (χ4v) is 5.15. The zero-order valence-corrected chi connectivity index (χ0v) is 17.5. The first-order valence-corrected chi connectivity index (χ1v) is 11.0. The summed E-state index contributed by atoms with van der Waals surface area (Å²) in [5, 5.41) is 11.3. The molecule has 0 amide bonds. The maximum Gasteiger partial charge on any atom is 0.271 e. The highest BCUT2D eigenvalue weighted by atomic mass is 32.2. The highest BCUT2D eigenvalue weighted by Crippen LogP contribution is 2.44. The van der Waals surface area contributed by atoms with Gasteiger partial charge < -0.3 is 14.2 Å². The van der Waals surface area contributed by atoms with Crippen LogP contribution >= 0.6 is 0 Å². The number of non-ortho nitro benzene ring substituents is 1.